The molecule has 0 unspecified atom stereocenters. The second kappa shape index (κ2) is 7.41. The van der Waals surface area contributed by atoms with Gasteiger partial charge in [-0.15, -0.1) is 16.4 Å². The van der Waals surface area contributed by atoms with Gasteiger partial charge in [0.15, 0.2) is 5.65 Å². The van der Waals surface area contributed by atoms with Crippen molar-refractivity contribution in [2.24, 2.45) is 0 Å². The Bertz CT molecular complexity index is 1010. The van der Waals surface area contributed by atoms with Crippen molar-refractivity contribution in [3.05, 3.63) is 40.2 Å². The summed E-state index contributed by atoms with van der Waals surface area (Å²) < 4.78 is 5.94. The number of nitrogens with zero attached hydrogens (tertiary/aromatic N) is 4. The quantitative estimate of drug-likeness (QED) is 0.605. The molecule has 0 aromatic carbocycles. The van der Waals surface area contributed by atoms with Gasteiger partial charge in [0.25, 0.3) is 5.91 Å². The van der Waals surface area contributed by atoms with Crippen molar-refractivity contribution in [1.29, 1.82) is 0 Å². The normalized spacial score (nSPS) is 10.6. The smallest absolute Gasteiger partial charge is 0.338 e. The molecule has 0 saturated carbocycles. The van der Waals surface area contributed by atoms with E-state index in [1.807, 2.05) is 0 Å². The fraction of sp³-hybridized carbons (Fsp3) is 0.188. The van der Waals surface area contributed by atoms with Crippen LogP contribution in [0.4, 0.5) is 11.6 Å². The number of nitrogens with one attached hydrogen (secondary N) is 1. The Hall–Kier alpha value is -3.47. The summed E-state index contributed by atoms with van der Waals surface area (Å²) >= 11 is 1.28. The van der Waals surface area contributed by atoms with Crippen molar-refractivity contribution < 1.29 is 24.2 Å². The molecule has 0 saturated heterocycles. The van der Waals surface area contributed by atoms with Gasteiger partial charge in [0.2, 0.25) is 5.95 Å². The number of aromatic carboxylic acids is 1. The molecule has 0 bridgehead atoms. The number of anilines is 2. The van der Waals surface area contributed by atoms with Crippen LogP contribution in [0.1, 0.15) is 20.0 Å². The molecule has 27 heavy (non-hydrogen) atoms. The number of carbonyl (C=O) groups is 3. The molecule has 10 nitrogen and oxygen atoms in total. The molecule has 3 aromatic rings. The molecule has 140 valence electrons. The van der Waals surface area contributed by atoms with Crippen molar-refractivity contribution in [2.75, 3.05) is 30.9 Å². The number of amides is 1. The number of carboxylic acids is 1. The van der Waals surface area contributed by atoms with E-state index in [0.717, 1.165) is 0 Å². The highest BCUT2D eigenvalue weighted by Gasteiger charge is 2.19. The van der Waals surface area contributed by atoms with Crippen LogP contribution in [0.2, 0.25) is 0 Å². The minimum absolute atomic E-state index is 0.0394. The van der Waals surface area contributed by atoms with Crippen LogP contribution in [0.5, 0.6) is 0 Å². The summed E-state index contributed by atoms with van der Waals surface area (Å²) in [5.74, 6) is -2.02. The standard InChI is InChI=1S/C16H15N5O5S/c1-20(8-13(22)26-2)10-7-21-12(6-9(10)15(24)25)17-16(19-21)18-14(23)11-4-3-5-27-11/h3-7H,8H2,1-2H3,(H,24,25)(H,18,19,23). The van der Waals surface area contributed by atoms with Gasteiger partial charge in [0.05, 0.1) is 29.4 Å². The zero-order valence-electron chi connectivity index (χ0n) is 14.4. The molecule has 11 heteroatoms. The van der Waals surface area contributed by atoms with E-state index in [0.29, 0.717) is 4.88 Å². The number of fused-ring (bicyclic) bond motifs is 1. The van der Waals surface area contributed by atoms with Crippen LogP contribution in [0, 0.1) is 0 Å². The summed E-state index contributed by atoms with van der Waals surface area (Å²) in [6.07, 6.45) is 1.43. The first-order valence-electron chi connectivity index (χ1n) is 7.65. The molecule has 0 aliphatic heterocycles. The van der Waals surface area contributed by atoms with Gasteiger partial charge < -0.3 is 14.7 Å². The molecule has 0 spiro atoms. The van der Waals surface area contributed by atoms with Crippen LogP contribution in [0.15, 0.2) is 29.8 Å². The Morgan fingerprint density at radius 1 is 1.41 bits per heavy atom. The monoisotopic (exact) mass is 389 g/mol. The number of methoxy groups -OCH3 is 1. The lowest BCUT2D eigenvalue weighted by Crippen LogP contribution is -2.28. The zero-order valence-corrected chi connectivity index (χ0v) is 15.2. The molecule has 2 N–H and O–H groups in total. The van der Waals surface area contributed by atoms with Crippen LogP contribution in [0.3, 0.4) is 0 Å². The number of pyridine rings is 1. The number of ether oxygens (including phenoxy) is 1. The molecule has 0 aliphatic carbocycles. The zero-order chi connectivity index (χ0) is 19.6. The molecule has 0 atom stereocenters. The van der Waals surface area contributed by atoms with Crippen molar-refractivity contribution >= 4 is 46.5 Å². The first-order valence-corrected chi connectivity index (χ1v) is 8.53. The maximum absolute atomic E-state index is 12.1. The number of likely N-dealkylation sites (N-methyl/N-ethyl adjacent to an activating group) is 1. The summed E-state index contributed by atoms with van der Waals surface area (Å²) in [6, 6.07) is 4.73. The first-order chi connectivity index (χ1) is 12.9. The average Bonchev–Trinajstić information content (AvgIpc) is 3.29. The summed E-state index contributed by atoms with van der Waals surface area (Å²) in [6.45, 7) is -0.140. The van der Waals surface area contributed by atoms with Crippen LogP contribution >= 0.6 is 11.3 Å². The van der Waals surface area contributed by atoms with Gasteiger partial charge in [-0.25, -0.2) is 9.31 Å². The second-order valence-electron chi connectivity index (χ2n) is 5.48. The number of carbonyl (C=O) groups excluding carboxylic acids is 2. The third-order valence-electron chi connectivity index (χ3n) is 3.66. The second-order valence-corrected chi connectivity index (χ2v) is 6.43. The highest BCUT2D eigenvalue weighted by molar-refractivity contribution is 7.12. The van der Waals surface area contributed by atoms with Crippen molar-refractivity contribution in [1.82, 2.24) is 14.6 Å². The van der Waals surface area contributed by atoms with Gasteiger partial charge in [-0.2, -0.15) is 4.98 Å². The Morgan fingerprint density at radius 2 is 2.19 bits per heavy atom. The summed E-state index contributed by atoms with van der Waals surface area (Å²) in [4.78, 5) is 41.3. The third-order valence-corrected chi connectivity index (χ3v) is 4.53. The minimum Gasteiger partial charge on any atom is -0.478 e. The Morgan fingerprint density at radius 3 is 2.81 bits per heavy atom. The van der Waals surface area contributed by atoms with Gasteiger partial charge in [-0.3, -0.25) is 14.9 Å². The van der Waals surface area contributed by atoms with Crippen molar-refractivity contribution in [2.45, 2.75) is 0 Å². The summed E-state index contributed by atoms with van der Waals surface area (Å²) in [7, 11) is 2.80. The predicted octanol–water partition coefficient (Wildman–Crippen LogP) is 1.35. The molecule has 0 aliphatic rings. The van der Waals surface area contributed by atoms with E-state index in [9.17, 15) is 19.5 Å². The van der Waals surface area contributed by atoms with Crippen molar-refractivity contribution in [3.63, 3.8) is 0 Å². The van der Waals surface area contributed by atoms with Crippen LogP contribution in [-0.2, 0) is 9.53 Å². The number of esters is 1. The van der Waals surface area contributed by atoms with E-state index in [-0.39, 0.29) is 35.3 Å². The number of aromatic nitrogens is 3. The number of thiophene rings is 1. The number of rotatable bonds is 6. The molecule has 3 aromatic heterocycles. The van der Waals surface area contributed by atoms with Gasteiger partial charge in [-0.1, -0.05) is 6.07 Å². The molecular weight excluding hydrogens is 374 g/mol. The van der Waals surface area contributed by atoms with E-state index < -0.39 is 11.9 Å². The SMILES string of the molecule is COC(=O)CN(C)c1cn2nc(NC(=O)c3cccs3)nc2cc1C(=O)O. The van der Waals surface area contributed by atoms with Crippen LogP contribution < -0.4 is 10.2 Å². The summed E-state index contributed by atoms with van der Waals surface area (Å²) in [5, 5.41) is 18.0. The summed E-state index contributed by atoms with van der Waals surface area (Å²) in [5.41, 5.74) is 0.433. The largest absolute Gasteiger partial charge is 0.478 e. The average molecular weight is 389 g/mol. The lowest BCUT2D eigenvalue weighted by Gasteiger charge is -2.19. The molecular formula is C16H15N5O5S. The Labute approximate surface area is 157 Å². The predicted molar refractivity (Wildman–Crippen MR) is 97.5 cm³/mol. The molecule has 1 amide bonds. The van der Waals surface area contributed by atoms with Crippen LogP contribution in [0.25, 0.3) is 5.65 Å². The lowest BCUT2D eigenvalue weighted by molar-refractivity contribution is -0.138. The van der Waals surface area contributed by atoms with Crippen molar-refractivity contribution in [3.8, 4) is 0 Å². The van der Waals surface area contributed by atoms with E-state index in [2.05, 4.69) is 20.1 Å². The maximum atomic E-state index is 12.1. The molecule has 3 rings (SSSR count). The molecule has 3 heterocycles. The molecule has 0 fully saturated rings. The first kappa shape index (κ1) is 18.3. The third kappa shape index (κ3) is 3.87. The Kier molecular flexibility index (Phi) is 5.03. The topological polar surface area (TPSA) is 126 Å². The highest BCUT2D eigenvalue weighted by atomic mass is 32.1. The van der Waals surface area contributed by atoms with E-state index >= 15 is 0 Å². The number of carboxylic acid groups (broad SMARTS) is 1. The number of hydrogen-bond acceptors (Lipinski definition) is 8. The van der Waals surface area contributed by atoms with E-state index in [4.69, 9.17) is 0 Å². The van der Waals surface area contributed by atoms with E-state index in [1.165, 1.54) is 40.1 Å². The lowest BCUT2D eigenvalue weighted by atomic mass is 10.2. The fourth-order valence-corrected chi connectivity index (χ4v) is 2.98. The number of hydrogen-bond donors (Lipinski definition) is 2. The van der Waals surface area contributed by atoms with Gasteiger partial charge in [0, 0.05) is 7.05 Å². The highest BCUT2D eigenvalue weighted by Crippen LogP contribution is 2.22. The van der Waals surface area contributed by atoms with Gasteiger partial charge >= 0.3 is 11.9 Å². The van der Waals surface area contributed by atoms with E-state index in [1.54, 1.807) is 24.6 Å². The van der Waals surface area contributed by atoms with Gasteiger partial charge in [0.1, 0.15) is 6.54 Å². The van der Waals surface area contributed by atoms with Gasteiger partial charge in [-0.05, 0) is 17.5 Å². The fourth-order valence-electron chi connectivity index (χ4n) is 2.36. The Balaban J connectivity index is 1.95. The molecule has 0 radical (unpaired) electrons. The maximum Gasteiger partial charge on any atom is 0.338 e. The minimum atomic E-state index is -1.18. The van der Waals surface area contributed by atoms with Crippen LogP contribution in [-0.4, -0.2) is 58.3 Å².